The Balaban J connectivity index is 1.62. The first-order valence-corrected chi connectivity index (χ1v) is 9.12. The average molecular weight is 337 g/mol. The van der Waals surface area contributed by atoms with Crippen molar-refractivity contribution < 1.29 is 4.74 Å². The van der Waals surface area contributed by atoms with Crippen molar-refractivity contribution in [2.75, 3.05) is 53.0 Å². The summed E-state index contributed by atoms with van der Waals surface area (Å²) < 4.78 is 5.36. The fraction of sp³-hybridized carbons (Fsp3) is 0.588. The van der Waals surface area contributed by atoms with Crippen LogP contribution in [-0.4, -0.2) is 69.1 Å². The zero-order chi connectivity index (χ0) is 16.3. The zero-order valence-electron chi connectivity index (χ0n) is 14.1. The van der Waals surface area contributed by atoms with Crippen LogP contribution in [0.1, 0.15) is 6.92 Å². The third-order valence-electron chi connectivity index (χ3n) is 3.69. The first kappa shape index (κ1) is 18.1. The molecule has 1 heterocycles. The van der Waals surface area contributed by atoms with Crippen LogP contribution in [0.4, 0.5) is 0 Å². The Morgan fingerprint density at radius 1 is 1.26 bits per heavy atom. The van der Waals surface area contributed by atoms with Crippen LogP contribution in [0.5, 0.6) is 0 Å². The van der Waals surface area contributed by atoms with Gasteiger partial charge in [0.1, 0.15) is 0 Å². The number of morpholine rings is 1. The molecule has 1 aliphatic heterocycles. The summed E-state index contributed by atoms with van der Waals surface area (Å²) >= 11 is 1.88. The van der Waals surface area contributed by atoms with Gasteiger partial charge in [-0.2, -0.15) is 0 Å². The smallest absolute Gasteiger partial charge is 0.191 e. The third kappa shape index (κ3) is 7.24. The molecular formula is C17H28N4OS. The van der Waals surface area contributed by atoms with Crippen LogP contribution >= 0.6 is 11.8 Å². The molecule has 0 amide bonds. The Bertz CT molecular complexity index is 463. The quantitative estimate of drug-likeness (QED) is 0.451. The van der Waals surface area contributed by atoms with Crippen molar-refractivity contribution in [3.05, 3.63) is 30.3 Å². The molecule has 1 aromatic carbocycles. The molecule has 1 atom stereocenters. The largest absolute Gasteiger partial charge is 0.379 e. The highest BCUT2D eigenvalue weighted by Gasteiger charge is 2.10. The molecule has 1 fully saturated rings. The minimum Gasteiger partial charge on any atom is -0.379 e. The Labute approximate surface area is 143 Å². The fourth-order valence-electron chi connectivity index (χ4n) is 2.39. The number of nitrogens with one attached hydrogen (secondary N) is 2. The van der Waals surface area contributed by atoms with E-state index in [4.69, 9.17) is 4.74 Å². The van der Waals surface area contributed by atoms with E-state index in [2.05, 4.69) is 51.7 Å². The monoisotopic (exact) mass is 336 g/mol. The summed E-state index contributed by atoms with van der Waals surface area (Å²) in [6.07, 6.45) is 0. The standard InChI is InChI=1S/C17H28N4OS/c1-15(23-16-6-4-3-5-7-16)14-20-17(18-2)19-8-9-21-10-12-22-13-11-21/h3-7,15H,8-14H2,1-2H3,(H2,18,19,20). The normalized spacial score (nSPS) is 17.7. The number of nitrogens with zero attached hydrogens (tertiary/aromatic N) is 2. The van der Waals surface area contributed by atoms with Crippen molar-refractivity contribution in [2.24, 2.45) is 4.99 Å². The van der Waals surface area contributed by atoms with Crippen molar-refractivity contribution in [1.29, 1.82) is 0 Å². The maximum Gasteiger partial charge on any atom is 0.191 e. The molecule has 0 spiro atoms. The molecule has 5 nitrogen and oxygen atoms in total. The van der Waals surface area contributed by atoms with Crippen LogP contribution in [0.25, 0.3) is 0 Å². The van der Waals surface area contributed by atoms with Gasteiger partial charge in [-0.05, 0) is 12.1 Å². The average Bonchev–Trinajstić information content (AvgIpc) is 2.59. The van der Waals surface area contributed by atoms with E-state index in [1.54, 1.807) is 0 Å². The lowest BCUT2D eigenvalue weighted by molar-refractivity contribution is 0.0389. The highest BCUT2D eigenvalue weighted by molar-refractivity contribution is 8.00. The summed E-state index contributed by atoms with van der Waals surface area (Å²) in [5, 5.41) is 7.27. The van der Waals surface area contributed by atoms with E-state index in [0.29, 0.717) is 5.25 Å². The minimum atomic E-state index is 0.482. The molecule has 128 valence electrons. The van der Waals surface area contributed by atoms with Crippen LogP contribution in [-0.2, 0) is 4.74 Å². The van der Waals surface area contributed by atoms with Crippen LogP contribution < -0.4 is 10.6 Å². The van der Waals surface area contributed by atoms with Crippen LogP contribution in [0.2, 0.25) is 0 Å². The van der Waals surface area contributed by atoms with Gasteiger partial charge in [-0.1, -0.05) is 25.1 Å². The molecule has 1 saturated heterocycles. The lowest BCUT2D eigenvalue weighted by Gasteiger charge is -2.26. The number of guanidine groups is 1. The number of hydrogen-bond donors (Lipinski definition) is 2. The molecule has 2 rings (SSSR count). The van der Waals surface area contributed by atoms with Crippen LogP contribution in [0.3, 0.4) is 0 Å². The SMILES string of the molecule is CN=C(NCCN1CCOCC1)NCC(C)Sc1ccccc1. The number of ether oxygens (including phenoxy) is 1. The van der Waals surface area contributed by atoms with E-state index in [9.17, 15) is 0 Å². The van der Waals surface area contributed by atoms with Crippen molar-refractivity contribution >= 4 is 17.7 Å². The maximum atomic E-state index is 5.36. The van der Waals surface area contributed by atoms with Gasteiger partial charge >= 0.3 is 0 Å². The van der Waals surface area contributed by atoms with Crippen LogP contribution in [0, 0.1) is 0 Å². The molecule has 0 radical (unpaired) electrons. The van der Waals surface area contributed by atoms with Gasteiger partial charge in [-0.25, -0.2) is 0 Å². The van der Waals surface area contributed by atoms with Crippen molar-refractivity contribution in [3.8, 4) is 0 Å². The van der Waals surface area contributed by atoms with Gasteiger partial charge in [0.15, 0.2) is 5.96 Å². The van der Waals surface area contributed by atoms with Gasteiger partial charge in [0.2, 0.25) is 0 Å². The summed E-state index contributed by atoms with van der Waals surface area (Å²) in [5.74, 6) is 0.874. The lowest BCUT2D eigenvalue weighted by atomic mass is 10.4. The summed E-state index contributed by atoms with van der Waals surface area (Å²) in [6, 6.07) is 10.5. The molecule has 0 aromatic heterocycles. The highest BCUT2D eigenvalue weighted by atomic mass is 32.2. The lowest BCUT2D eigenvalue weighted by Crippen LogP contribution is -2.45. The second-order valence-electron chi connectivity index (χ2n) is 5.58. The molecule has 23 heavy (non-hydrogen) atoms. The predicted octanol–water partition coefficient (Wildman–Crippen LogP) is 1.66. The van der Waals surface area contributed by atoms with Gasteiger partial charge in [-0.3, -0.25) is 9.89 Å². The summed E-state index contributed by atoms with van der Waals surface area (Å²) in [7, 11) is 1.82. The molecule has 1 unspecified atom stereocenters. The number of benzene rings is 1. The molecule has 1 aliphatic rings. The van der Waals surface area contributed by atoms with E-state index in [0.717, 1.165) is 51.9 Å². The summed E-state index contributed by atoms with van der Waals surface area (Å²) in [6.45, 7) is 8.79. The van der Waals surface area contributed by atoms with Gasteiger partial charge in [-0.15, -0.1) is 11.8 Å². The van der Waals surface area contributed by atoms with E-state index in [1.165, 1.54) is 4.90 Å². The molecule has 2 N–H and O–H groups in total. The highest BCUT2D eigenvalue weighted by Crippen LogP contribution is 2.21. The van der Waals surface area contributed by atoms with Crippen LogP contribution in [0.15, 0.2) is 40.2 Å². The number of thioether (sulfide) groups is 1. The third-order valence-corrected chi connectivity index (χ3v) is 4.80. The Morgan fingerprint density at radius 2 is 2.00 bits per heavy atom. The second-order valence-corrected chi connectivity index (χ2v) is 7.09. The van der Waals surface area contributed by atoms with E-state index in [1.807, 2.05) is 24.9 Å². The van der Waals surface area contributed by atoms with Gasteiger partial charge in [0, 0.05) is 49.9 Å². The molecule has 1 aromatic rings. The minimum absolute atomic E-state index is 0.482. The Kier molecular flexibility index (Phi) is 8.28. The van der Waals surface area contributed by atoms with Crippen molar-refractivity contribution in [2.45, 2.75) is 17.1 Å². The maximum absolute atomic E-state index is 5.36. The molecule has 0 bridgehead atoms. The first-order chi connectivity index (χ1) is 11.3. The Hall–Kier alpha value is -1.24. The molecule has 0 saturated carbocycles. The van der Waals surface area contributed by atoms with Gasteiger partial charge < -0.3 is 15.4 Å². The molecule has 6 heteroatoms. The van der Waals surface area contributed by atoms with E-state index < -0.39 is 0 Å². The number of hydrogen-bond acceptors (Lipinski definition) is 4. The Morgan fingerprint density at radius 3 is 2.70 bits per heavy atom. The van der Waals surface area contributed by atoms with Gasteiger partial charge in [0.25, 0.3) is 0 Å². The number of aliphatic imine (C=N–C) groups is 1. The predicted molar refractivity (Wildman–Crippen MR) is 98.4 cm³/mol. The summed E-state index contributed by atoms with van der Waals surface area (Å²) in [5.41, 5.74) is 0. The zero-order valence-corrected chi connectivity index (χ0v) is 14.9. The van der Waals surface area contributed by atoms with Gasteiger partial charge in [0.05, 0.1) is 13.2 Å². The van der Waals surface area contributed by atoms with E-state index in [-0.39, 0.29) is 0 Å². The molecule has 0 aliphatic carbocycles. The topological polar surface area (TPSA) is 48.9 Å². The molecular weight excluding hydrogens is 308 g/mol. The van der Waals surface area contributed by atoms with Crippen molar-refractivity contribution in [3.63, 3.8) is 0 Å². The van der Waals surface area contributed by atoms with Crippen molar-refractivity contribution in [1.82, 2.24) is 15.5 Å². The number of rotatable bonds is 7. The summed E-state index contributed by atoms with van der Waals surface area (Å²) in [4.78, 5) is 8.01. The van der Waals surface area contributed by atoms with E-state index >= 15 is 0 Å². The first-order valence-electron chi connectivity index (χ1n) is 8.24. The second kappa shape index (κ2) is 10.5. The fourth-order valence-corrected chi connectivity index (χ4v) is 3.34.